The topological polar surface area (TPSA) is 96.0 Å². The molecule has 1 N–H and O–H groups in total. The molecule has 1 saturated carbocycles. The molecule has 47 heavy (non-hydrogen) atoms. The van der Waals surface area contributed by atoms with E-state index in [4.69, 9.17) is 4.74 Å². The van der Waals surface area contributed by atoms with E-state index >= 15 is 0 Å². The maximum atomic E-state index is 14.6. The molecule has 1 fully saturated rings. The van der Waals surface area contributed by atoms with Crippen LogP contribution in [-0.4, -0.2) is 50.4 Å². The van der Waals surface area contributed by atoms with Crippen LogP contribution in [0, 0.1) is 6.92 Å². The molecule has 246 valence electrons. The van der Waals surface area contributed by atoms with Crippen LogP contribution < -0.4 is 14.4 Å². The van der Waals surface area contributed by atoms with Crippen molar-refractivity contribution >= 4 is 27.5 Å². The van der Waals surface area contributed by atoms with Crippen LogP contribution in [0.4, 0.5) is 5.69 Å². The third-order valence-electron chi connectivity index (χ3n) is 8.49. The minimum absolute atomic E-state index is 0.0301. The molecule has 0 saturated heterocycles. The second kappa shape index (κ2) is 15.8. The maximum absolute atomic E-state index is 14.6. The highest BCUT2D eigenvalue weighted by atomic mass is 32.2. The van der Waals surface area contributed by atoms with E-state index in [2.05, 4.69) is 5.32 Å². The van der Waals surface area contributed by atoms with Crippen molar-refractivity contribution in [2.75, 3.05) is 17.5 Å². The molecule has 1 unspecified atom stereocenters. The number of carbonyl (C=O) groups excluding carboxylic acids is 2. The molecule has 5 rings (SSSR count). The van der Waals surface area contributed by atoms with Crippen molar-refractivity contribution in [1.29, 1.82) is 0 Å². The summed E-state index contributed by atoms with van der Waals surface area (Å²) in [6.07, 6.45) is 4.19. The first kappa shape index (κ1) is 33.7. The first-order valence-corrected chi connectivity index (χ1v) is 17.7. The molecule has 1 aliphatic rings. The van der Waals surface area contributed by atoms with Gasteiger partial charge >= 0.3 is 0 Å². The van der Waals surface area contributed by atoms with E-state index in [-0.39, 0.29) is 29.8 Å². The largest absolute Gasteiger partial charge is 0.494 e. The van der Waals surface area contributed by atoms with Crippen LogP contribution in [-0.2, 0) is 32.6 Å². The lowest BCUT2D eigenvalue weighted by Crippen LogP contribution is -2.54. The third-order valence-corrected chi connectivity index (χ3v) is 10.3. The van der Waals surface area contributed by atoms with Crippen LogP contribution in [0.5, 0.6) is 5.75 Å². The Morgan fingerprint density at radius 3 is 2.06 bits per heavy atom. The van der Waals surface area contributed by atoms with Crippen molar-refractivity contribution in [3.8, 4) is 5.75 Å². The normalized spacial score (nSPS) is 13.9. The van der Waals surface area contributed by atoms with Crippen molar-refractivity contribution in [2.24, 2.45) is 0 Å². The van der Waals surface area contributed by atoms with Gasteiger partial charge in [0.2, 0.25) is 11.8 Å². The van der Waals surface area contributed by atoms with Crippen LogP contribution in [0.3, 0.4) is 0 Å². The zero-order valence-corrected chi connectivity index (χ0v) is 27.9. The van der Waals surface area contributed by atoms with Crippen molar-refractivity contribution in [1.82, 2.24) is 10.2 Å². The van der Waals surface area contributed by atoms with Crippen LogP contribution >= 0.6 is 0 Å². The summed E-state index contributed by atoms with van der Waals surface area (Å²) in [6.45, 7) is 3.94. The average Bonchev–Trinajstić information content (AvgIpc) is 3.60. The maximum Gasteiger partial charge on any atom is 0.264 e. The molecule has 1 atom stereocenters. The lowest BCUT2D eigenvalue weighted by atomic mass is 10.0. The Hall–Kier alpha value is -4.63. The summed E-state index contributed by atoms with van der Waals surface area (Å²) in [5, 5.41) is 3.21. The van der Waals surface area contributed by atoms with Crippen molar-refractivity contribution in [2.45, 2.75) is 69.5 Å². The number of benzene rings is 4. The van der Waals surface area contributed by atoms with Gasteiger partial charge in [0.15, 0.2) is 0 Å². The average molecular weight is 654 g/mol. The molecule has 0 spiro atoms. The number of ether oxygens (including phenoxy) is 1. The number of hydrogen-bond acceptors (Lipinski definition) is 5. The Morgan fingerprint density at radius 1 is 0.830 bits per heavy atom. The van der Waals surface area contributed by atoms with Gasteiger partial charge in [0.1, 0.15) is 18.3 Å². The van der Waals surface area contributed by atoms with Gasteiger partial charge in [-0.25, -0.2) is 8.42 Å². The molecule has 4 aromatic rings. The summed E-state index contributed by atoms with van der Waals surface area (Å²) in [5.41, 5.74) is 3.17. The number of rotatable bonds is 14. The SMILES string of the molecule is CCOc1ccc(S(=O)(=O)N(CC(=O)N(Cc2ccc(C)cc2)C(Cc2ccccc2)C(=O)NC2CCCC2)c2ccccc2)cc1. The Balaban J connectivity index is 1.53. The molecule has 0 aromatic heterocycles. The van der Waals surface area contributed by atoms with E-state index in [9.17, 15) is 18.0 Å². The van der Waals surface area contributed by atoms with E-state index in [0.717, 1.165) is 46.7 Å². The van der Waals surface area contributed by atoms with Crippen molar-refractivity contribution < 1.29 is 22.7 Å². The Labute approximate surface area is 278 Å². The smallest absolute Gasteiger partial charge is 0.264 e. The quantitative estimate of drug-likeness (QED) is 0.173. The molecule has 4 aromatic carbocycles. The van der Waals surface area contributed by atoms with Crippen LogP contribution in [0.15, 0.2) is 114 Å². The summed E-state index contributed by atoms with van der Waals surface area (Å²) >= 11 is 0. The van der Waals surface area contributed by atoms with E-state index in [0.29, 0.717) is 18.0 Å². The van der Waals surface area contributed by atoms with Gasteiger partial charge in [-0.3, -0.25) is 13.9 Å². The molecule has 0 heterocycles. The standard InChI is InChI=1S/C38H43N3O5S/c1-3-46-34-22-24-35(25-23-34)47(44,45)41(33-16-8-5-9-17-33)28-37(42)40(27-31-20-18-29(2)19-21-31)36(26-30-12-6-4-7-13-30)38(43)39-32-14-10-11-15-32/h4-9,12-13,16-25,32,36H,3,10-11,14-15,26-28H2,1-2H3,(H,39,43). The number of nitrogens with one attached hydrogen (secondary N) is 1. The number of para-hydroxylation sites is 1. The minimum Gasteiger partial charge on any atom is -0.494 e. The summed E-state index contributed by atoms with van der Waals surface area (Å²) in [7, 11) is -4.19. The fraction of sp³-hybridized carbons (Fsp3) is 0.316. The Bertz CT molecular complexity index is 1710. The zero-order valence-electron chi connectivity index (χ0n) is 27.0. The van der Waals surface area contributed by atoms with E-state index in [1.165, 1.54) is 12.1 Å². The number of anilines is 1. The van der Waals surface area contributed by atoms with Gasteiger partial charge < -0.3 is 15.0 Å². The minimum atomic E-state index is -4.19. The van der Waals surface area contributed by atoms with E-state index in [1.54, 1.807) is 47.4 Å². The summed E-state index contributed by atoms with van der Waals surface area (Å²) in [4.78, 5) is 30.3. The first-order valence-electron chi connectivity index (χ1n) is 16.2. The highest BCUT2D eigenvalue weighted by Gasteiger charge is 2.35. The summed E-state index contributed by atoms with van der Waals surface area (Å²) in [6, 6.07) is 31.4. The number of nitrogens with zero attached hydrogens (tertiary/aromatic N) is 2. The monoisotopic (exact) mass is 653 g/mol. The van der Waals surface area contributed by atoms with Gasteiger partial charge in [0.05, 0.1) is 17.2 Å². The predicted octanol–water partition coefficient (Wildman–Crippen LogP) is 6.29. The van der Waals surface area contributed by atoms with Gasteiger partial charge in [0.25, 0.3) is 10.0 Å². The molecule has 9 heteroatoms. The van der Waals surface area contributed by atoms with Crippen molar-refractivity contribution in [3.05, 3.63) is 126 Å². The van der Waals surface area contributed by atoms with Gasteiger partial charge in [0, 0.05) is 19.0 Å². The number of sulfonamides is 1. The van der Waals surface area contributed by atoms with E-state index in [1.807, 2.05) is 68.4 Å². The lowest BCUT2D eigenvalue weighted by molar-refractivity contribution is -0.140. The highest BCUT2D eigenvalue weighted by Crippen LogP contribution is 2.27. The zero-order chi connectivity index (χ0) is 33.2. The molecular weight excluding hydrogens is 611 g/mol. The molecular formula is C38H43N3O5S. The lowest BCUT2D eigenvalue weighted by Gasteiger charge is -2.34. The van der Waals surface area contributed by atoms with E-state index < -0.39 is 28.5 Å². The Morgan fingerprint density at radius 2 is 1.45 bits per heavy atom. The number of carbonyl (C=O) groups is 2. The third kappa shape index (κ3) is 8.80. The number of aryl methyl sites for hydroxylation is 1. The van der Waals surface area contributed by atoms with Gasteiger partial charge in [-0.2, -0.15) is 0 Å². The predicted molar refractivity (Wildman–Crippen MR) is 185 cm³/mol. The van der Waals surface area contributed by atoms with Gasteiger partial charge in [-0.05, 0) is 74.2 Å². The molecule has 1 aliphatic carbocycles. The number of hydrogen-bond donors (Lipinski definition) is 1. The van der Waals surface area contributed by atoms with Gasteiger partial charge in [-0.15, -0.1) is 0 Å². The first-order chi connectivity index (χ1) is 22.7. The number of amides is 2. The second-order valence-electron chi connectivity index (χ2n) is 12.0. The van der Waals surface area contributed by atoms with Crippen LogP contribution in [0.2, 0.25) is 0 Å². The van der Waals surface area contributed by atoms with Crippen molar-refractivity contribution in [3.63, 3.8) is 0 Å². The van der Waals surface area contributed by atoms with Crippen LogP contribution in [0.1, 0.15) is 49.3 Å². The molecule has 2 amide bonds. The molecule has 8 nitrogen and oxygen atoms in total. The Kier molecular flexibility index (Phi) is 11.3. The van der Waals surface area contributed by atoms with Gasteiger partial charge in [-0.1, -0.05) is 91.2 Å². The second-order valence-corrected chi connectivity index (χ2v) is 13.8. The molecule has 0 radical (unpaired) electrons. The summed E-state index contributed by atoms with van der Waals surface area (Å²) in [5.74, 6) is -0.164. The fourth-order valence-electron chi connectivity index (χ4n) is 5.94. The van der Waals surface area contributed by atoms with Crippen LogP contribution in [0.25, 0.3) is 0 Å². The highest BCUT2D eigenvalue weighted by molar-refractivity contribution is 7.92. The molecule has 0 bridgehead atoms. The molecule has 0 aliphatic heterocycles. The fourth-order valence-corrected chi connectivity index (χ4v) is 7.35. The summed E-state index contributed by atoms with van der Waals surface area (Å²) < 4.78 is 35.1.